The average Bonchev–Trinajstić information content (AvgIpc) is 2.25. The van der Waals surface area contributed by atoms with Crippen molar-refractivity contribution in [3.63, 3.8) is 0 Å². The second-order valence-electron chi connectivity index (χ2n) is 4.22. The summed E-state index contributed by atoms with van der Waals surface area (Å²) < 4.78 is 9.43. The smallest absolute Gasteiger partial charge is 0.323 e. The predicted molar refractivity (Wildman–Crippen MR) is 61.7 cm³/mol. The van der Waals surface area contributed by atoms with Crippen molar-refractivity contribution in [2.75, 3.05) is 20.8 Å². The van der Waals surface area contributed by atoms with Gasteiger partial charge in [0.2, 0.25) is 0 Å². The van der Waals surface area contributed by atoms with Gasteiger partial charge in [-0.25, -0.2) is 0 Å². The minimum Gasteiger partial charge on any atom is -0.480 e. The van der Waals surface area contributed by atoms with Crippen molar-refractivity contribution in [1.82, 2.24) is 5.32 Å². The Morgan fingerprint density at radius 2 is 1.82 bits per heavy atom. The number of hydrogen-bond donors (Lipinski definition) is 2. The zero-order chi connectivity index (χ0) is 13.4. The van der Waals surface area contributed by atoms with Gasteiger partial charge in [-0.1, -0.05) is 13.8 Å². The number of nitrogens with one attached hydrogen (secondary N) is 1. The third kappa shape index (κ3) is 6.23. The van der Waals surface area contributed by atoms with Crippen molar-refractivity contribution in [2.24, 2.45) is 5.92 Å². The molecule has 0 aliphatic rings. The summed E-state index contributed by atoms with van der Waals surface area (Å²) in [6.45, 7) is 3.90. The molecule has 0 amide bonds. The highest BCUT2D eigenvalue weighted by molar-refractivity contribution is 5.78. The fourth-order valence-electron chi connectivity index (χ4n) is 1.45. The van der Waals surface area contributed by atoms with Gasteiger partial charge in [0.1, 0.15) is 12.1 Å². The second-order valence-corrected chi connectivity index (χ2v) is 4.22. The highest BCUT2D eigenvalue weighted by atomic mass is 16.5. The lowest BCUT2D eigenvalue weighted by Gasteiger charge is -2.22. The molecule has 0 fully saturated rings. The van der Waals surface area contributed by atoms with E-state index in [9.17, 15) is 9.59 Å². The van der Waals surface area contributed by atoms with Crippen LogP contribution in [0.25, 0.3) is 0 Å². The standard InChI is InChI=1S/C11H21NO5/c1-7(2)5-8(11(15)17-4)12-9(6-16-3)10(13)14/h7-9,12H,5-6H2,1-4H3,(H,13,14). The highest BCUT2D eigenvalue weighted by Gasteiger charge is 2.27. The van der Waals surface area contributed by atoms with Crippen molar-refractivity contribution < 1.29 is 24.2 Å². The van der Waals surface area contributed by atoms with E-state index in [4.69, 9.17) is 9.84 Å². The summed E-state index contributed by atoms with van der Waals surface area (Å²) in [5.74, 6) is -1.26. The summed E-state index contributed by atoms with van der Waals surface area (Å²) in [6, 6.07) is -1.54. The zero-order valence-electron chi connectivity index (χ0n) is 10.7. The van der Waals surface area contributed by atoms with Gasteiger partial charge in [-0.2, -0.15) is 0 Å². The Morgan fingerprint density at radius 1 is 1.24 bits per heavy atom. The van der Waals surface area contributed by atoms with Crippen LogP contribution in [0.1, 0.15) is 20.3 Å². The van der Waals surface area contributed by atoms with Gasteiger partial charge in [0.25, 0.3) is 0 Å². The number of hydrogen-bond acceptors (Lipinski definition) is 5. The first-order chi connectivity index (χ1) is 7.92. The number of ether oxygens (including phenoxy) is 2. The lowest BCUT2D eigenvalue weighted by molar-refractivity contribution is -0.146. The summed E-state index contributed by atoms with van der Waals surface area (Å²) in [5.41, 5.74) is 0. The molecule has 6 nitrogen and oxygen atoms in total. The molecule has 100 valence electrons. The molecule has 6 heteroatoms. The zero-order valence-corrected chi connectivity index (χ0v) is 10.7. The van der Waals surface area contributed by atoms with E-state index in [1.165, 1.54) is 14.2 Å². The molecule has 0 bridgehead atoms. The van der Waals surface area contributed by atoms with Crippen LogP contribution in [0.2, 0.25) is 0 Å². The van der Waals surface area contributed by atoms with Gasteiger partial charge in [-0.3, -0.25) is 14.9 Å². The van der Waals surface area contributed by atoms with Gasteiger partial charge in [0.05, 0.1) is 13.7 Å². The largest absolute Gasteiger partial charge is 0.480 e. The molecule has 2 unspecified atom stereocenters. The number of carboxylic acids is 1. The molecule has 0 aromatic carbocycles. The van der Waals surface area contributed by atoms with Crippen LogP contribution in [0.5, 0.6) is 0 Å². The van der Waals surface area contributed by atoms with Crippen LogP contribution in [-0.4, -0.2) is 50.0 Å². The van der Waals surface area contributed by atoms with Gasteiger partial charge in [0.15, 0.2) is 0 Å². The first-order valence-corrected chi connectivity index (χ1v) is 5.48. The third-order valence-electron chi connectivity index (χ3n) is 2.23. The first kappa shape index (κ1) is 15.9. The van der Waals surface area contributed by atoms with Gasteiger partial charge in [0, 0.05) is 7.11 Å². The van der Waals surface area contributed by atoms with E-state index in [2.05, 4.69) is 10.1 Å². The van der Waals surface area contributed by atoms with Gasteiger partial charge < -0.3 is 14.6 Å². The number of carboxylic acid groups (broad SMARTS) is 1. The molecule has 0 saturated carbocycles. The minimum atomic E-state index is -1.05. The van der Waals surface area contributed by atoms with E-state index in [0.717, 1.165) is 0 Å². The lowest BCUT2D eigenvalue weighted by atomic mass is 10.0. The summed E-state index contributed by atoms with van der Waals surface area (Å²) in [6.07, 6.45) is 0.514. The first-order valence-electron chi connectivity index (χ1n) is 5.48. The molecule has 0 spiro atoms. The molecule has 2 atom stereocenters. The number of carbonyl (C=O) groups excluding carboxylic acids is 1. The molecule has 0 aliphatic carbocycles. The summed E-state index contributed by atoms with van der Waals surface area (Å²) in [5, 5.41) is 11.7. The monoisotopic (exact) mass is 247 g/mol. The van der Waals surface area contributed by atoms with E-state index in [0.29, 0.717) is 6.42 Å². The normalized spacial score (nSPS) is 14.4. The van der Waals surface area contributed by atoms with Crippen LogP contribution >= 0.6 is 0 Å². The molecule has 0 aliphatic heterocycles. The van der Waals surface area contributed by atoms with Crippen LogP contribution in [0.15, 0.2) is 0 Å². The van der Waals surface area contributed by atoms with E-state index >= 15 is 0 Å². The van der Waals surface area contributed by atoms with E-state index < -0.39 is 24.0 Å². The maximum atomic E-state index is 11.5. The Morgan fingerprint density at radius 3 is 2.18 bits per heavy atom. The average molecular weight is 247 g/mol. The summed E-state index contributed by atoms with van der Waals surface area (Å²) in [7, 11) is 2.69. The summed E-state index contributed by atoms with van der Waals surface area (Å²) in [4.78, 5) is 22.4. The van der Waals surface area contributed by atoms with E-state index in [1.807, 2.05) is 13.8 Å². The van der Waals surface area contributed by atoms with Crippen molar-refractivity contribution in [3.8, 4) is 0 Å². The second kappa shape index (κ2) is 8.03. The summed E-state index contributed by atoms with van der Waals surface area (Å²) >= 11 is 0. The molecule has 0 aromatic heterocycles. The van der Waals surface area contributed by atoms with Crippen LogP contribution in [-0.2, 0) is 19.1 Å². The maximum Gasteiger partial charge on any atom is 0.323 e. The van der Waals surface area contributed by atoms with Crippen LogP contribution in [0, 0.1) is 5.92 Å². The molecule has 17 heavy (non-hydrogen) atoms. The molecule has 0 saturated heterocycles. The van der Waals surface area contributed by atoms with Crippen molar-refractivity contribution in [3.05, 3.63) is 0 Å². The Hall–Kier alpha value is -1.14. The highest BCUT2D eigenvalue weighted by Crippen LogP contribution is 2.07. The molecule has 0 aromatic rings. The Labute approximate surface area is 101 Å². The van der Waals surface area contributed by atoms with Gasteiger partial charge in [-0.15, -0.1) is 0 Å². The van der Waals surface area contributed by atoms with Crippen LogP contribution in [0.4, 0.5) is 0 Å². The van der Waals surface area contributed by atoms with Gasteiger partial charge in [-0.05, 0) is 12.3 Å². The Bertz CT molecular complexity index is 254. The maximum absolute atomic E-state index is 11.5. The molecule has 0 rings (SSSR count). The van der Waals surface area contributed by atoms with Crippen molar-refractivity contribution >= 4 is 11.9 Å². The van der Waals surface area contributed by atoms with Gasteiger partial charge >= 0.3 is 11.9 Å². The van der Waals surface area contributed by atoms with E-state index in [1.54, 1.807) is 0 Å². The molecular weight excluding hydrogens is 226 g/mol. The number of aliphatic carboxylic acids is 1. The molecule has 0 radical (unpaired) electrons. The quantitative estimate of drug-likeness (QED) is 0.599. The molecule has 2 N–H and O–H groups in total. The number of rotatable bonds is 8. The fraction of sp³-hybridized carbons (Fsp3) is 0.818. The molecule has 0 heterocycles. The van der Waals surface area contributed by atoms with Crippen molar-refractivity contribution in [2.45, 2.75) is 32.4 Å². The third-order valence-corrected chi connectivity index (χ3v) is 2.23. The predicted octanol–water partition coefficient (Wildman–Crippen LogP) is 0.263. The SMILES string of the molecule is COCC(NC(CC(C)C)C(=O)OC)C(=O)O. The minimum absolute atomic E-state index is 0.000916. The Balaban J connectivity index is 4.57. The van der Waals surface area contributed by atoms with E-state index in [-0.39, 0.29) is 12.5 Å². The number of methoxy groups -OCH3 is 2. The Kier molecular flexibility index (Phi) is 7.49. The molecular formula is C11H21NO5. The van der Waals surface area contributed by atoms with Crippen molar-refractivity contribution in [1.29, 1.82) is 0 Å². The fourth-order valence-corrected chi connectivity index (χ4v) is 1.45. The lowest BCUT2D eigenvalue weighted by Crippen LogP contribution is -2.50. The topological polar surface area (TPSA) is 84.9 Å². The number of carbonyl (C=O) groups is 2. The van der Waals surface area contributed by atoms with Crippen LogP contribution < -0.4 is 5.32 Å². The number of esters is 1. The van der Waals surface area contributed by atoms with Crippen LogP contribution in [0.3, 0.4) is 0 Å².